The molecule has 1 atom stereocenters. The van der Waals surface area contributed by atoms with Crippen molar-refractivity contribution in [3.05, 3.63) is 65.8 Å². The second kappa shape index (κ2) is 11.2. The number of fused-ring (bicyclic) bond motifs is 1. The summed E-state index contributed by atoms with van der Waals surface area (Å²) in [5.41, 5.74) is 7.07. The first kappa shape index (κ1) is 25.0. The number of nitrogens with one attached hydrogen (secondary N) is 2. The van der Waals surface area contributed by atoms with E-state index in [1.54, 1.807) is 24.5 Å². The van der Waals surface area contributed by atoms with Crippen LogP contribution in [0.5, 0.6) is 5.75 Å². The van der Waals surface area contributed by atoms with Crippen molar-refractivity contribution in [3.63, 3.8) is 0 Å². The maximum absolute atomic E-state index is 11.5. The molecule has 0 radical (unpaired) electrons. The van der Waals surface area contributed by atoms with E-state index < -0.39 is 19.0 Å². The van der Waals surface area contributed by atoms with Crippen LogP contribution >= 0.6 is 0 Å². The molecule has 3 aromatic rings. The van der Waals surface area contributed by atoms with Crippen LogP contribution in [-0.4, -0.2) is 65.9 Å². The van der Waals surface area contributed by atoms with Gasteiger partial charge in [0.2, 0.25) is 0 Å². The van der Waals surface area contributed by atoms with Crippen LogP contribution in [0.15, 0.2) is 48.0 Å². The van der Waals surface area contributed by atoms with Crippen molar-refractivity contribution < 1.29 is 19.6 Å². The number of aromatic carboxylic acids is 1. The predicted molar refractivity (Wildman–Crippen MR) is 138 cm³/mol. The van der Waals surface area contributed by atoms with Gasteiger partial charge in [0.15, 0.2) is 0 Å². The average molecular weight is 505 g/mol. The van der Waals surface area contributed by atoms with Gasteiger partial charge in [-0.25, -0.2) is 14.8 Å². The summed E-state index contributed by atoms with van der Waals surface area (Å²) in [6.07, 6.45) is 12.4. The number of aromatic nitrogens is 4. The Morgan fingerprint density at radius 2 is 1.81 bits per heavy atom. The first-order valence-electron chi connectivity index (χ1n) is 12.7. The standard InChI is InChI=1S/C25H32BN7O4/c27-21(32-20-13-17-2-1-3-19(25(34)35)24(17)37-26(20)36)12-16-4-6-18(7-5-16)33(14-22-28-8-9-29-22)15-23-30-10-11-31-23/h1-3,8-11,16,18,20,36H,4-7,12-15H2,(H2,27,32)(H,28,29)(H,30,31)(H,34,35)/t16?,18?,20-/m0/s1. The van der Waals surface area contributed by atoms with E-state index in [1.165, 1.54) is 6.07 Å². The third-order valence-electron chi connectivity index (χ3n) is 7.30. The molecule has 0 spiro atoms. The van der Waals surface area contributed by atoms with Gasteiger partial charge in [-0.05, 0) is 49.7 Å². The van der Waals surface area contributed by atoms with E-state index in [1.807, 2.05) is 12.4 Å². The molecular weight excluding hydrogens is 473 g/mol. The number of H-pyrrole nitrogens is 2. The summed E-state index contributed by atoms with van der Waals surface area (Å²) >= 11 is 0. The molecule has 0 bridgehead atoms. The first-order chi connectivity index (χ1) is 18.0. The van der Waals surface area contributed by atoms with Gasteiger partial charge in [-0.3, -0.25) is 9.89 Å². The number of carboxylic acid groups (broad SMARTS) is 1. The fraction of sp³-hybridized carbons (Fsp3) is 0.440. The number of hydrogen-bond acceptors (Lipinski definition) is 7. The molecule has 2 aromatic heterocycles. The number of carboxylic acids is 1. The molecular formula is C25H32BN7O4. The van der Waals surface area contributed by atoms with Crippen molar-refractivity contribution in [2.45, 2.75) is 63.6 Å². The lowest BCUT2D eigenvalue weighted by molar-refractivity contribution is 0.0694. The number of nitrogens with two attached hydrogens (primary N) is 1. The van der Waals surface area contributed by atoms with E-state index in [0.29, 0.717) is 36.2 Å². The fourth-order valence-corrected chi connectivity index (χ4v) is 5.43. The molecule has 37 heavy (non-hydrogen) atoms. The highest BCUT2D eigenvalue weighted by Gasteiger charge is 2.37. The zero-order valence-corrected chi connectivity index (χ0v) is 20.6. The number of aromatic amines is 2. The number of benzene rings is 1. The topological polar surface area (TPSA) is 166 Å². The van der Waals surface area contributed by atoms with Crippen molar-refractivity contribution in [1.82, 2.24) is 24.8 Å². The highest BCUT2D eigenvalue weighted by atomic mass is 16.5. The molecule has 194 valence electrons. The van der Waals surface area contributed by atoms with E-state index >= 15 is 0 Å². The Labute approximate surface area is 215 Å². The summed E-state index contributed by atoms with van der Waals surface area (Å²) in [7, 11) is -1.24. The second-order valence-electron chi connectivity index (χ2n) is 9.85. The molecule has 1 saturated carbocycles. The Kier molecular flexibility index (Phi) is 7.56. The zero-order valence-electron chi connectivity index (χ0n) is 20.6. The van der Waals surface area contributed by atoms with Crippen LogP contribution < -0.4 is 10.4 Å². The number of nitrogens with zero attached hydrogens (tertiary/aromatic N) is 4. The lowest BCUT2D eigenvalue weighted by Gasteiger charge is -2.36. The van der Waals surface area contributed by atoms with Crippen molar-refractivity contribution in [2.24, 2.45) is 16.6 Å². The average Bonchev–Trinajstić information content (AvgIpc) is 3.59. The predicted octanol–water partition coefficient (Wildman–Crippen LogP) is 2.16. The minimum absolute atomic E-state index is 0.0387. The molecule has 0 amide bonds. The van der Waals surface area contributed by atoms with Crippen LogP contribution in [0.4, 0.5) is 0 Å². The van der Waals surface area contributed by atoms with Crippen molar-refractivity contribution in [3.8, 4) is 5.75 Å². The molecule has 3 heterocycles. The molecule has 0 unspecified atom stereocenters. The largest absolute Gasteiger partial charge is 0.549 e. The monoisotopic (exact) mass is 505 g/mol. The van der Waals surface area contributed by atoms with Gasteiger partial charge in [0.05, 0.1) is 24.5 Å². The summed E-state index contributed by atoms with van der Waals surface area (Å²) in [6, 6.07) is 5.35. The summed E-state index contributed by atoms with van der Waals surface area (Å²) in [4.78, 5) is 33.7. The number of rotatable bonds is 9. The van der Waals surface area contributed by atoms with Gasteiger partial charge in [0, 0.05) is 37.3 Å². The smallest absolute Gasteiger partial charge is 0.534 e. The Morgan fingerprint density at radius 1 is 1.14 bits per heavy atom. The molecule has 1 aliphatic heterocycles. The minimum Gasteiger partial charge on any atom is -0.534 e. The van der Waals surface area contributed by atoms with Crippen molar-refractivity contribution >= 4 is 18.9 Å². The van der Waals surface area contributed by atoms with Crippen LogP contribution in [0.2, 0.25) is 0 Å². The van der Waals surface area contributed by atoms with Crippen molar-refractivity contribution in [1.29, 1.82) is 0 Å². The summed E-state index contributed by atoms with van der Waals surface area (Å²) < 4.78 is 5.55. The molecule has 1 aliphatic carbocycles. The Morgan fingerprint density at radius 3 is 2.41 bits per heavy atom. The van der Waals surface area contributed by atoms with E-state index in [-0.39, 0.29) is 11.3 Å². The fourth-order valence-electron chi connectivity index (χ4n) is 5.43. The molecule has 1 fully saturated rings. The Bertz CT molecular complexity index is 1170. The van der Waals surface area contributed by atoms with Gasteiger partial charge in [0.25, 0.3) is 0 Å². The van der Waals surface area contributed by atoms with Gasteiger partial charge in [0.1, 0.15) is 23.3 Å². The van der Waals surface area contributed by atoms with Crippen LogP contribution in [0.25, 0.3) is 0 Å². The lowest BCUT2D eigenvalue weighted by atomic mass is 9.72. The normalized spacial score (nSPS) is 22.1. The first-order valence-corrected chi connectivity index (χ1v) is 12.7. The molecule has 0 saturated heterocycles. The summed E-state index contributed by atoms with van der Waals surface area (Å²) in [5.74, 6) is 1.35. The van der Waals surface area contributed by atoms with Gasteiger partial charge in [-0.1, -0.05) is 12.1 Å². The number of aliphatic imine (C=N–C) groups is 1. The molecule has 5 rings (SSSR count). The highest BCUT2D eigenvalue weighted by molar-refractivity contribution is 6.46. The molecule has 2 aliphatic rings. The van der Waals surface area contributed by atoms with Crippen LogP contribution in [0.1, 0.15) is 59.7 Å². The summed E-state index contributed by atoms with van der Waals surface area (Å²) in [6.45, 7) is 1.47. The van der Waals surface area contributed by atoms with Gasteiger partial charge < -0.3 is 30.5 Å². The van der Waals surface area contributed by atoms with Gasteiger partial charge in [-0.15, -0.1) is 0 Å². The van der Waals surface area contributed by atoms with E-state index in [2.05, 4.69) is 29.8 Å². The van der Waals surface area contributed by atoms with Gasteiger partial charge >= 0.3 is 13.1 Å². The van der Waals surface area contributed by atoms with Crippen LogP contribution in [-0.2, 0) is 19.5 Å². The number of para-hydroxylation sites is 1. The maximum Gasteiger partial charge on any atom is 0.549 e. The third kappa shape index (κ3) is 6.03. The van der Waals surface area contributed by atoms with Crippen LogP contribution in [0.3, 0.4) is 0 Å². The van der Waals surface area contributed by atoms with E-state index in [4.69, 9.17) is 10.4 Å². The number of imidazole rings is 2. The number of hydrogen-bond donors (Lipinski definition) is 5. The maximum atomic E-state index is 11.5. The molecule has 11 nitrogen and oxygen atoms in total. The van der Waals surface area contributed by atoms with E-state index in [0.717, 1.165) is 50.4 Å². The second-order valence-corrected chi connectivity index (χ2v) is 9.85. The third-order valence-corrected chi connectivity index (χ3v) is 7.30. The minimum atomic E-state index is -1.24. The van der Waals surface area contributed by atoms with E-state index in [9.17, 15) is 14.9 Å². The SMILES string of the molecule is N/C(CC1CCC(N(Cc2ncc[nH]2)Cc2ncc[nH]2)CC1)=N\[C@H]1Cc2cccc(C(=O)O)c2OB1O. The number of carbonyl (C=O) groups is 1. The Hall–Kier alpha value is -3.64. The molecule has 12 heteroatoms. The van der Waals surface area contributed by atoms with Crippen molar-refractivity contribution in [2.75, 3.05) is 0 Å². The van der Waals surface area contributed by atoms with Gasteiger partial charge in [-0.2, -0.15) is 0 Å². The molecule has 1 aromatic carbocycles. The quantitative estimate of drug-likeness (QED) is 0.168. The number of amidine groups is 1. The lowest BCUT2D eigenvalue weighted by Crippen LogP contribution is -2.43. The Balaban J connectivity index is 1.18. The highest BCUT2D eigenvalue weighted by Crippen LogP contribution is 2.33. The zero-order chi connectivity index (χ0) is 25.8. The summed E-state index contributed by atoms with van der Waals surface area (Å²) in [5, 5.41) is 19.9. The van der Waals surface area contributed by atoms with Crippen LogP contribution in [0, 0.1) is 5.92 Å². The molecule has 6 N–H and O–H groups in total.